The summed E-state index contributed by atoms with van der Waals surface area (Å²) in [5.41, 5.74) is 12.3. The first kappa shape index (κ1) is 18.7. The van der Waals surface area contributed by atoms with E-state index in [4.69, 9.17) is 11.5 Å². The summed E-state index contributed by atoms with van der Waals surface area (Å²) < 4.78 is 12.7. The van der Waals surface area contributed by atoms with Crippen LogP contribution < -0.4 is 16.8 Å². The summed E-state index contributed by atoms with van der Waals surface area (Å²) in [7, 11) is -3.85. The molecule has 2 atom stereocenters. The maximum absolute atomic E-state index is 12.7. The minimum atomic E-state index is -3.85. The van der Waals surface area contributed by atoms with Crippen molar-refractivity contribution >= 4 is 30.3 Å². The van der Waals surface area contributed by atoms with Gasteiger partial charge in [0.15, 0.2) is 5.96 Å². The fraction of sp³-hybridized carbons (Fsp3) is 0.176. The Morgan fingerprint density at radius 3 is 2.40 bits per heavy atom. The van der Waals surface area contributed by atoms with Crippen LogP contribution in [0.25, 0.3) is 0 Å². The van der Waals surface area contributed by atoms with Gasteiger partial charge in [-0.15, -0.1) is 0 Å². The number of carboxylic acid groups (broad SMARTS) is 1. The van der Waals surface area contributed by atoms with Gasteiger partial charge in [0.25, 0.3) is 0 Å². The largest absolute Gasteiger partial charge is 0.481 e. The monoisotopic (exact) mass is 361 g/mol. The van der Waals surface area contributed by atoms with Gasteiger partial charge in [-0.3, -0.25) is 9.36 Å². The van der Waals surface area contributed by atoms with Gasteiger partial charge in [-0.05, 0) is 36.8 Å². The summed E-state index contributed by atoms with van der Waals surface area (Å²) in [5.74, 6) is -2.51. The number of hydrogen-bond donors (Lipinski definition) is 4. The van der Waals surface area contributed by atoms with Gasteiger partial charge >= 0.3 is 5.97 Å². The second-order valence-electron chi connectivity index (χ2n) is 5.74. The van der Waals surface area contributed by atoms with Crippen LogP contribution in [0.1, 0.15) is 17.0 Å². The minimum Gasteiger partial charge on any atom is -0.481 e. The molecule has 8 heteroatoms. The number of benzene rings is 2. The van der Waals surface area contributed by atoms with Crippen molar-refractivity contribution in [3.05, 3.63) is 59.7 Å². The van der Waals surface area contributed by atoms with Crippen molar-refractivity contribution < 1.29 is 19.4 Å². The van der Waals surface area contributed by atoms with Gasteiger partial charge in [0.2, 0.25) is 7.37 Å². The van der Waals surface area contributed by atoms with Crippen molar-refractivity contribution in [2.45, 2.75) is 12.8 Å². The Morgan fingerprint density at radius 1 is 1.20 bits per heavy atom. The van der Waals surface area contributed by atoms with Gasteiger partial charge in [0.05, 0.1) is 11.6 Å². The molecule has 0 amide bonds. The molecule has 0 aromatic heterocycles. The van der Waals surface area contributed by atoms with E-state index in [1.165, 1.54) is 6.07 Å². The Labute approximate surface area is 145 Å². The van der Waals surface area contributed by atoms with Crippen molar-refractivity contribution in [3.8, 4) is 0 Å². The Morgan fingerprint density at radius 2 is 1.84 bits per heavy atom. The highest BCUT2D eigenvalue weighted by Crippen LogP contribution is 2.44. The molecule has 2 aromatic carbocycles. The molecule has 0 aliphatic heterocycles. The normalized spacial score (nSPS) is 14.3. The molecule has 0 bridgehead atoms. The number of carboxylic acids is 1. The topological polar surface area (TPSA) is 139 Å². The zero-order valence-corrected chi connectivity index (χ0v) is 14.6. The first-order chi connectivity index (χ1) is 11.7. The molecule has 0 radical (unpaired) electrons. The fourth-order valence-corrected chi connectivity index (χ4v) is 4.10. The first-order valence-corrected chi connectivity index (χ1v) is 9.35. The molecule has 0 aliphatic carbocycles. The van der Waals surface area contributed by atoms with Crippen LogP contribution >= 0.6 is 7.37 Å². The Kier molecular flexibility index (Phi) is 5.62. The standard InChI is InChI=1S/C17H20N3O4P/c1-11-5-7-14(8-6-11)25(23,24)10-15(16(21)22)12-3-2-4-13(9-12)20-17(18)19/h2-9,15H,10H2,1H3,(H,21,22)(H,23,24)(H4,18,19,20). The lowest BCUT2D eigenvalue weighted by Crippen LogP contribution is -2.22. The molecular formula is C17H20N3O4P. The summed E-state index contributed by atoms with van der Waals surface area (Å²) in [5, 5.41) is 9.76. The average Bonchev–Trinajstić information content (AvgIpc) is 2.52. The van der Waals surface area contributed by atoms with Gasteiger partial charge in [0, 0.05) is 11.5 Å². The third-order valence-corrected chi connectivity index (χ3v) is 5.66. The fourth-order valence-electron chi connectivity index (χ4n) is 2.42. The molecule has 0 heterocycles. The van der Waals surface area contributed by atoms with Crippen LogP contribution in [0.2, 0.25) is 0 Å². The Bertz CT molecular complexity index is 845. The minimum absolute atomic E-state index is 0.156. The third kappa shape index (κ3) is 4.92. The van der Waals surface area contributed by atoms with E-state index in [-0.39, 0.29) is 11.3 Å². The molecule has 7 nitrogen and oxygen atoms in total. The second kappa shape index (κ2) is 7.51. The highest BCUT2D eigenvalue weighted by molar-refractivity contribution is 7.66. The maximum atomic E-state index is 12.7. The summed E-state index contributed by atoms with van der Waals surface area (Å²) in [6.45, 7) is 1.86. The van der Waals surface area contributed by atoms with Crippen LogP contribution in [0, 0.1) is 6.92 Å². The second-order valence-corrected chi connectivity index (χ2v) is 8.03. The predicted molar refractivity (Wildman–Crippen MR) is 97.8 cm³/mol. The smallest absolute Gasteiger partial charge is 0.311 e. The summed E-state index contributed by atoms with van der Waals surface area (Å²) >= 11 is 0. The number of aliphatic carboxylic acids is 1. The first-order valence-electron chi connectivity index (χ1n) is 7.50. The molecule has 2 unspecified atom stereocenters. The van der Waals surface area contributed by atoms with E-state index in [0.717, 1.165) is 5.56 Å². The van der Waals surface area contributed by atoms with Gasteiger partial charge < -0.3 is 21.5 Å². The van der Waals surface area contributed by atoms with Crippen LogP contribution in [-0.2, 0) is 9.36 Å². The molecule has 0 aliphatic rings. The molecular weight excluding hydrogens is 341 g/mol. The van der Waals surface area contributed by atoms with Gasteiger partial charge in [-0.25, -0.2) is 4.99 Å². The van der Waals surface area contributed by atoms with Crippen molar-refractivity contribution in [2.24, 2.45) is 16.5 Å². The summed E-state index contributed by atoms with van der Waals surface area (Å²) in [6, 6.07) is 12.8. The lowest BCUT2D eigenvalue weighted by molar-refractivity contribution is -0.138. The lowest BCUT2D eigenvalue weighted by Gasteiger charge is -2.18. The highest BCUT2D eigenvalue weighted by Gasteiger charge is 2.31. The number of nitrogens with two attached hydrogens (primary N) is 2. The van der Waals surface area contributed by atoms with Crippen molar-refractivity contribution in [1.29, 1.82) is 0 Å². The van der Waals surface area contributed by atoms with Crippen molar-refractivity contribution in [2.75, 3.05) is 6.16 Å². The summed E-state index contributed by atoms with van der Waals surface area (Å²) in [6.07, 6.45) is -0.420. The summed E-state index contributed by atoms with van der Waals surface area (Å²) in [4.78, 5) is 25.9. The van der Waals surface area contributed by atoms with Gasteiger partial charge in [0.1, 0.15) is 0 Å². The third-order valence-electron chi connectivity index (χ3n) is 3.70. The van der Waals surface area contributed by atoms with E-state index in [2.05, 4.69) is 4.99 Å². The van der Waals surface area contributed by atoms with Crippen molar-refractivity contribution in [1.82, 2.24) is 0 Å². The molecule has 2 aromatic rings. The SMILES string of the molecule is Cc1ccc(P(=O)(O)CC(C(=O)O)c2cccc(N=C(N)N)c2)cc1. The zero-order valence-electron chi connectivity index (χ0n) is 13.7. The van der Waals surface area contributed by atoms with Crippen LogP contribution in [0.4, 0.5) is 5.69 Å². The van der Waals surface area contributed by atoms with Crippen LogP contribution in [0.15, 0.2) is 53.5 Å². The lowest BCUT2D eigenvalue weighted by atomic mass is 10.0. The van der Waals surface area contributed by atoms with E-state index < -0.39 is 25.4 Å². The molecule has 6 N–H and O–H groups in total. The van der Waals surface area contributed by atoms with Crippen LogP contribution in [0.5, 0.6) is 0 Å². The zero-order chi connectivity index (χ0) is 18.6. The highest BCUT2D eigenvalue weighted by atomic mass is 31.2. The molecule has 132 valence electrons. The number of aliphatic imine (C=N–C) groups is 1. The van der Waals surface area contributed by atoms with E-state index >= 15 is 0 Å². The van der Waals surface area contributed by atoms with Gasteiger partial charge in [-0.1, -0.05) is 29.8 Å². The van der Waals surface area contributed by atoms with E-state index in [1.807, 2.05) is 6.92 Å². The molecule has 0 saturated heterocycles. The Hall–Kier alpha value is -2.63. The molecule has 25 heavy (non-hydrogen) atoms. The molecule has 0 spiro atoms. The van der Waals surface area contributed by atoms with E-state index in [1.54, 1.807) is 42.5 Å². The number of guanidine groups is 1. The van der Waals surface area contributed by atoms with Crippen LogP contribution in [-0.4, -0.2) is 28.1 Å². The molecule has 0 saturated carbocycles. The van der Waals surface area contributed by atoms with E-state index in [9.17, 15) is 19.4 Å². The van der Waals surface area contributed by atoms with E-state index in [0.29, 0.717) is 11.3 Å². The number of rotatable bonds is 6. The average molecular weight is 361 g/mol. The van der Waals surface area contributed by atoms with Crippen LogP contribution in [0.3, 0.4) is 0 Å². The Balaban J connectivity index is 2.36. The molecule has 2 rings (SSSR count). The maximum Gasteiger partial charge on any atom is 0.311 e. The van der Waals surface area contributed by atoms with Gasteiger partial charge in [-0.2, -0.15) is 0 Å². The van der Waals surface area contributed by atoms with Crippen molar-refractivity contribution in [3.63, 3.8) is 0 Å². The molecule has 0 fully saturated rings. The number of aryl methyl sites for hydroxylation is 1. The number of carbonyl (C=O) groups is 1. The number of hydrogen-bond acceptors (Lipinski definition) is 3. The quantitative estimate of drug-likeness (QED) is 0.351. The predicted octanol–water partition coefficient (Wildman–Crippen LogP) is 1.66. The number of nitrogens with zero attached hydrogens (tertiary/aromatic N) is 1.